The maximum Gasteiger partial charge on any atom is 0.303 e. The van der Waals surface area contributed by atoms with Gasteiger partial charge in [-0.25, -0.2) is 4.98 Å². The number of hydrogen-bond acceptors (Lipinski definition) is 4. The third-order valence-electron chi connectivity index (χ3n) is 1.65. The number of aliphatic carboxylic acids is 1. The van der Waals surface area contributed by atoms with Crippen molar-refractivity contribution in [3.05, 3.63) is 16.1 Å². The summed E-state index contributed by atoms with van der Waals surface area (Å²) in [7, 11) is 3.97. The van der Waals surface area contributed by atoms with Crippen molar-refractivity contribution >= 4 is 17.3 Å². The summed E-state index contributed by atoms with van der Waals surface area (Å²) in [6.45, 7) is 0.817. The van der Waals surface area contributed by atoms with E-state index in [1.807, 2.05) is 24.4 Å². The van der Waals surface area contributed by atoms with Gasteiger partial charge in [-0.2, -0.15) is 0 Å². The van der Waals surface area contributed by atoms with Gasteiger partial charge < -0.3 is 10.0 Å². The van der Waals surface area contributed by atoms with Gasteiger partial charge in [0.25, 0.3) is 0 Å². The predicted molar refractivity (Wildman–Crippen MR) is 55.5 cm³/mol. The van der Waals surface area contributed by atoms with E-state index in [1.165, 1.54) is 0 Å². The smallest absolute Gasteiger partial charge is 0.303 e. The van der Waals surface area contributed by atoms with Crippen LogP contribution in [0.15, 0.2) is 5.38 Å². The SMILES string of the molecule is CN(C)Cc1nc(CCC(=O)O)cs1. The van der Waals surface area contributed by atoms with Crippen LogP contribution in [0.2, 0.25) is 0 Å². The fourth-order valence-electron chi connectivity index (χ4n) is 1.04. The zero-order chi connectivity index (χ0) is 10.6. The van der Waals surface area contributed by atoms with Gasteiger partial charge >= 0.3 is 5.97 Å². The lowest BCUT2D eigenvalue weighted by molar-refractivity contribution is -0.136. The van der Waals surface area contributed by atoms with E-state index >= 15 is 0 Å². The van der Waals surface area contributed by atoms with Gasteiger partial charge in [-0.1, -0.05) is 0 Å². The maximum absolute atomic E-state index is 10.3. The molecule has 0 aliphatic carbocycles. The van der Waals surface area contributed by atoms with Gasteiger partial charge in [0.2, 0.25) is 0 Å². The molecule has 0 atom stereocenters. The number of thiazole rings is 1. The fourth-order valence-corrected chi connectivity index (χ4v) is 1.99. The number of aryl methyl sites for hydroxylation is 1. The van der Waals surface area contributed by atoms with E-state index in [0.717, 1.165) is 17.2 Å². The summed E-state index contributed by atoms with van der Waals surface area (Å²) in [5, 5.41) is 11.5. The predicted octanol–water partition coefficient (Wildman–Crippen LogP) is 1.22. The molecule has 1 heterocycles. The Morgan fingerprint density at radius 3 is 2.93 bits per heavy atom. The van der Waals surface area contributed by atoms with E-state index in [-0.39, 0.29) is 6.42 Å². The van der Waals surface area contributed by atoms with Crippen LogP contribution in [0.3, 0.4) is 0 Å². The van der Waals surface area contributed by atoms with Crippen molar-refractivity contribution in [1.82, 2.24) is 9.88 Å². The van der Waals surface area contributed by atoms with E-state index in [4.69, 9.17) is 5.11 Å². The molecular weight excluding hydrogens is 200 g/mol. The van der Waals surface area contributed by atoms with Crippen molar-refractivity contribution in [3.8, 4) is 0 Å². The van der Waals surface area contributed by atoms with Crippen LogP contribution < -0.4 is 0 Å². The summed E-state index contributed by atoms with van der Waals surface area (Å²) in [6, 6.07) is 0. The Bertz CT molecular complexity index is 310. The number of aromatic nitrogens is 1. The van der Waals surface area contributed by atoms with E-state index < -0.39 is 5.97 Å². The van der Waals surface area contributed by atoms with E-state index in [0.29, 0.717) is 6.42 Å². The largest absolute Gasteiger partial charge is 0.481 e. The molecule has 1 N–H and O–H groups in total. The third-order valence-corrected chi connectivity index (χ3v) is 2.53. The highest BCUT2D eigenvalue weighted by Gasteiger charge is 2.04. The number of carboxylic acid groups (broad SMARTS) is 1. The van der Waals surface area contributed by atoms with Gasteiger partial charge in [0.1, 0.15) is 5.01 Å². The van der Waals surface area contributed by atoms with Crippen molar-refractivity contribution in [2.24, 2.45) is 0 Å². The van der Waals surface area contributed by atoms with Crippen molar-refractivity contribution < 1.29 is 9.90 Å². The molecule has 1 rings (SSSR count). The molecule has 0 aliphatic heterocycles. The number of carbonyl (C=O) groups is 1. The molecule has 0 amide bonds. The summed E-state index contributed by atoms with van der Waals surface area (Å²) in [6.07, 6.45) is 0.685. The Labute approximate surface area is 87.2 Å². The third kappa shape index (κ3) is 3.85. The monoisotopic (exact) mass is 214 g/mol. The first-order valence-electron chi connectivity index (χ1n) is 4.37. The normalized spacial score (nSPS) is 10.8. The van der Waals surface area contributed by atoms with Crippen LogP contribution in [-0.2, 0) is 17.8 Å². The quantitative estimate of drug-likeness (QED) is 0.800. The van der Waals surface area contributed by atoms with Crippen molar-refractivity contribution in [2.45, 2.75) is 19.4 Å². The topological polar surface area (TPSA) is 53.4 Å². The Morgan fingerprint density at radius 2 is 2.36 bits per heavy atom. The zero-order valence-electron chi connectivity index (χ0n) is 8.36. The second kappa shape index (κ2) is 5.07. The van der Waals surface area contributed by atoms with Gasteiger partial charge in [-0.05, 0) is 14.1 Å². The molecule has 0 aromatic carbocycles. The Balaban J connectivity index is 2.46. The van der Waals surface area contributed by atoms with Crippen LogP contribution in [0.4, 0.5) is 0 Å². The van der Waals surface area contributed by atoms with Crippen molar-refractivity contribution in [1.29, 1.82) is 0 Å². The van der Waals surface area contributed by atoms with Crippen molar-refractivity contribution in [3.63, 3.8) is 0 Å². The van der Waals surface area contributed by atoms with Crippen LogP contribution in [0, 0.1) is 0 Å². The number of nitrogens with zero attached hydrogens (tertiary/aromatic N) is 2. The standard InChI is InChI=1S/C9H14N2O2S/c1-11(2)5-8-10-7(6-14-8)3-4-9(12)13/h6H,3-5H2,1-2H3,(H,12,13). The molecular formula is C9H14N2O2S. The highest BCUT2D eigenvalue weighted by molar-refractivity contribution is 7.09. The molecule has 1 aromatic rings. The van der Waals surface area contributed by atoms with Crippen LogP contribution in [0.1, 0.15) is 17.1 Å². The average Bonchev–Trinajstić information content (AvgIpc) is 2.47. The molecule has 0 spiro atoms. The van der Waals surface area contributed by atoms with Gasteiger partial charge in [-0.3, -0.25) is 4.79 Å². The molecule has 0 fully saturated rings. The second-order valence-corrected chi connectivity index (χ2v) is 4.31. The van der Waals surface area contributed by atoms with Crippen LogP contribution in [0.25, 0.3) is 0 Å². The summed E-state index contributed by atoms with van der Waals surface area (Å²) in [5.74, 6) is -0.771. The number of hydrogen-bond donors (Lipinski definition) is 1. The van der Waals surface area contributed by atoms with Gasteiger partial charge in [0.05, 0.1) is 12.1 Å². The molecule has 0 saturated carbocycles. The van der Waals surface area contributed by atoms with Gasteiger partial charge in [0, 0.05) is 18.3 Å². The molecule has 5 heteroatoms. The summed E-state index contributed by atoms with van der Waals surface area (Å²) in [4.78, 5) is 16.7. The maximum atomic E-state index is 10.3. The molecule has 4 nitrogen and oxygen atoms in total. The zero-order valence-corrected chi connectivity index (χ0v) is 9.17. The summed E-state index contributed by atoms with van der Waals surface area (Å²) >= 11 is 1.58. The van der Waals surface area contributed by atoms with E-state index in [1.54, 1.807) is 11.3 Å². The van der Waals surface area contributed by atoms with Crippen LogP contribution in [0.5, 0.6) is 0 Å². The first-order valence-corrected chi connectivity index (χ1v) is 5.25. The van der Waals surface area contributed by atoms with E-state index in [2.05, 4.69) is 4.98 Å². The molecule has 0 radical (unpaired) electrons. The molecule has 78 valence electrons. The van der Waals surface area contributed by atoms with Crippen molar-refractivity contribution in [2.75, 3.05) is 14.1 Å². The Hall–Kier alpha value is -0.940. The second-order valence-electron chi connectivity index (χ2n) is 3.36. The first-order chi connectivity index (χ1) is 6.58. The number of carboxylic acids is 1. The Kier molecular flexibility index (Phi) is 4.03. The van der Waals surface area contributed by atoms with Crippen LogP contribution >= 0.6 is 11.3 Å². The first kappa shape index (κ1) is 11.1. The van der Waals surface area contributed by atoms with Gasteiger partial charge in [0.15, 0.2) is 0 Å². The average molecular weight is 214 g/mol. The Morgan fingerprint density at radius 1 is 1.64 bits per heavy atom. The fraction of sp³-hybridized carbons (Fsp3) is 0.556. The lowest BCUT2D eigenvalue weighted by atomic mass is 10.2. The summed E-state index contributed by atoms with van der Waals surface area (Å²) in [5.41, 5.74) is 0.884. The lowest BCUT2D eigenvalue weighted by Crippen LogP contribution is -2.10. The summed E-state index contributed by atoms with van der Waals surface area (Å²) < 4.78 is 0. The van der Waals surface area contributed by atoms with E-state index in [9.17, 15) is 4.79 Å². The van der Waals surface area contributed by atoms with Gasteiger partial charge in [-0.15, -0.1) is 11.3 Å². The highest BCUT2D eigenvalue weighted by atomic mass is 32.1. The highest BCUT2D eigenvalue weighted by Crippen LogP contribution is 2.12. The minimum Gasteiger partial charge on any atom is -0.481 e. The molecule has 0 unspecified atom stereocenters. The molecule has 14 heavy (non-hydrogen) atoms. The molecule has 1 aromatic heterocycles. The number of rotatable bonds is 5. The lowest BCUT2D eigenvalue weighted by Gasteiger charge is -2.04. The molecule has 0 aliphatic rings. The molecule has 0 saturated heterocycles. The minimum absolute atomic E-state index is 0.158. The minimum atomic E-state index is -0.771. The molecule has 0 bridgehead atoms. The van der Waals surface area contributed by atoms with Crippen LogP contribution in [-0.4, -0.2) is 35.1 Å².